The number of carboxylic acid groups (broad SMARTS) is 1. The maximum Gasteiger partial charge on any atom is 0.335 e. The Hall–Kier alpha value is -1.77. The van der Waals surface area contributed by atoms with E-state index in [0.717, 1.165) is 11.1 Å². The monoisotopic (exact) mass is 290 g/mol. The standard InChI is InChI=1S/C18H26O3/c1-8-12(16(20)21)11-9-13(17(2,3)4)15(19)14(10-11)18(5,6)7/h8-10,19H,1-7H3,(H,20,21)/b12-8+. The van der Waals surface area contributed by atoms with E-state index in [1.807, 2.05) is 41.5 Å². The van der Waals surface area contributed by atoms with Crippen LogP contribution >= 0.6 is 0 Å². The Morgan fingerprint density at radius 3 is 1.62 bits per heavy atom. The van der Waals surface area contributed by atoms with Crippen LogP contribution in [0.4, 0.5) is 0 Å². The summed E-state index contributed by atoms with van der Waals surface area (Å²) in [6.45, 7) is 13.8. The predicted octanol–water partition coefficient (Wildman–Crippen LogP) is 4.48. The summed E-state index contributed by atoms with van der Waals surface area (Å²) >= 11 is 0. The molecule has 0 aliphatic heterocycles. The van der Waals surface area contributed by atoms with E-state index in [0.29, 0.717) is 5.56 Å². The van der Waals surface area contributed by atoms with E-state index >= 15 is 0 Å². The fourth-order valence-electron chi connectivity index (χ4n) is 2.35. The fourth-order valence-corrected chi connectivity index (χ4v) is 2.35. The first kappa shape index (κ1) is 17.3. The molecular weight excluding hydrogens is 264 g/mol. The predicted molar refractivity (Wildman–Crippen MR) is 86.8 cm³/mol. The van der Waals surface area contributed by atoms with Crippen molar-refractivity contribution in [1.82, 2.24) is 0 Å². The van der Waals surface area contributed by atoms with E-state index in [2.05, 4.69) is 0 Å². The van der Waals surface area contributed by atoms with Crippen LogP contribution in [0, 0.1) is 0 Å². The minimum atomic E-state index is -0.956. The van der Waals surface area contributed by atoms with Gasteiger partial charge in [0.1, 0.15) is 5.75 Å². The Labute approximate surface area is 127 Å². The lowest BCUT2D eigenvalue weighted by atomic mass is 9.77. The van der Waals surface area contributed by atoms with Crippen LogP contribution in [0.15, 0.2) is 18.2 Å². The van der Waals surface area contributed by atoms with Gasteiger partial charge in [0.15, 0.2) is 0 Å². The third kappa shape index (κ3) is 3.66. The first-order valence-electron chi connectivity index (χ1n) is 7.17. The summed E-state index contributed by atoms with van der Waals surface area (Å²) in [5.41, 5.74) is 1.90. The second-order valence-corrected chi connectivity index (χ2v) is 7.43. The molecule has 1 aromatic rings. The van der Waals surface area contributed by atoms with Crippen LogP contribution in [0.25, 0.3) is 5.57 Å². The van der Waals surface area contributed by atoms with Crippen molar-refractivity contribution in [2.24, 2.45) is 0 Å². The quantitative estimate of drug-likeness (QED) is 0.790. The van der Waals surface area contributed by atoms with Crippen LogP contribution in [0.2, 0.25) is 0 Å². The van der Waals surface area contributed by atoms with Gasteiger partial charge in [-0.05, 0) is 35.4 Å². The van der Waals surface area contributed by atoms with Gasteiger partial charge < -0.3 is 10.2 Å². The molecule has 0 heterocycles. The number of aromatic hydroxyl groups is 1. The van der Waals surface area contributed by atoms with Gasteiger partial charge >= 0.3 is 5.97 Å². The van der Waals surface area contributed by atoms with Crippen molar-refractivity contribution in [2.45, 2.75) is 59.3 Å². The van der Waals surface area contributed by atoms with Gasteiger partial charge in [0, 0.05) is 11.1 Å². The first-order chi connectivity index (χ1) is 9.39. The number of carboxylic acids is 1. The number of aliphatic carboxylic acids is 1. The summed E-state index contributed by atoms with van der Waals surface area (Å²) in [4.78, 5) is 11.4. The van der Waals surface area contributed by atoms with E-state index in [1.165, 1.54) is 0 Å². The van der Waals surface area contributed by atoms with Gasteiger partial charge in [-0.25, -0.2) is 4.79 Å². The number of phenolic OH excluding ortho intramolecular Hbond substituents is 1. The molecule has 0 aliphatic rings. The highest BCUT2D eigenvalue weighted by Crippen LogP contribution is 2.40. The Morgan fingerprint density at radius 1 is 1.00 bits per heavy atom. The smallest absolute Gasteiger partial charge is 0.335 e. The van der Waals surface area contributed by atoms with E-state index in [4.69, 9.17) is 0 Å². The molecule has 0 saturated heterocycles. The van der Waals surface area contributed by atoms with Crippen LogP contribution in [0.3, 0.4) is 0 Å². The molecule has 3 nitrogen and oxygen atoms in total. The summed E-state index contributed by atoms with van der Waals surface area (Å²) < 4.78 is 0. The van der Waals surface area contributed by atoms with Crippen molar-refractivity contribution in [3.8, 4) is 5.75 Å². The molecule has 0 amide bonds. The molecule has 1 aromatic carbocycles. The van der Waals surface area contributed by atoms with Crippen LogP contribution < -0.4 is 0 Å². The largest absolute Gasteiger partial charge is 0.507 e. The lowest BCUT2D eigenvalue weighted by molar-refractivity contribution is -0.130. The van der Waals surface area contributed by atoms with Crippen molar-refractivity contribution in [1.29, 1.82) is 0 Å². The number of allylic oxidation sites excluding steroid dienone is 1. The highest BCUT2D eigenvalue weighted by atomic mass is 16.4. The lowest BCUT2D eigenvalue weighted by Crippen LogP contribution is -2.18. The van der Waals surface area contributed by atoms with Crippen molar-refractivity contribution in [3.05, 3.63) is 34.9 Å². The topological polar surface area (TPSA) is 57.5 Å². The molecule has 0 aromatic heterocycles. The lowest BCUT2D eigenvalue weighted by Gasteiger charge is -2.28. The van der Waals surface area contributed by atoms with E-state index < -0.39 is 5.97 Å². The summed E-state index contributed by atoms with van der Waals surface area (Å²) in [6.07, 6.45) is 1.59. The average molecular weight is 290 g/mol. The molecule has 0 fully saturated rings. The van der Waals surface area contributed by atoms with E-state index in [9.17, 15) is 15.0 Å². The van der Waals surface area contributed by atoms with Gasteiger partial charge in [0.25, 0.3) is 0 Å². The Balaban J connectivity index is 3.75. The Morgan fingerprint density at radius 2 is 1.38 bits per heavy atom. The summed E-state index contributed by atoms with van der Waals surface area (Å²) in [7, 11) is 0. The molecule has 0 atom stereocenters. The second-order valence-electron chi connectivity index (χ2n) is 7.43. The van der Waals surface area contributed by atoms with Crippen molar-refractivity contribution < 1.29 is 15.0 Å². The van der Waals surface area contributed by atoms with Gasteiger partial charge in [-0.2, -0.15) is 0 Å². The Bertz CT molecular complexity index is 546. The summed E-state index contributed by atoms with van der Waals surface area (Å²) in [6, 6.07) is 3.57. The van der Waals surface area contributed by atoms with Crippen LogP contribution in [0.5, 0.6) is 5.75 Å². The fraction of sp³-hybridized carbons (Fsp3) is 0.500. The zero-order chi connectivity index (χ0) is 16.6. The minimum Gasteiger partial charge on any atom is -0.507 e. The van der Waals surface area contributed by atoms with Crippen LogP contribution in [-0.2, 0) is 15.6 Å². The molecule has 0 unspecified atom stereocenters. The molecule has 0 bridgehead atoms. The maximum absolute atomic E-state index is 11.4. The van der Waals surface area contributed by atoms with Gasteiger partial charge in [-0.15, -0.1) is 0 Å². The first-order valence-corrected chi connectivity index (χ1v) is 7.17. The zero-order valence-electron chi connectivity index (χ0n) is 14.0. The minimum absolute atomic E-state index is 0.256. The number of phenols is 1. The van der Waals surface area contributed by atoms with Crippen molar-refractivity contribution in [3.63, 3.8) is 0 Å². The van der Waals surface area contributed by atoms with E-state index in [1.54, 1.807) is 25.1 Å². The molecule has 0 spiro atoms. The SMILES string of the molecule is C/C=C(/C(=O)O)c1cc(C(C)(C)C)c(O)c(C(C)(C)C)c1. The van der Waals surface area contributed by atoms with Crippen molar-refractivity contribution >= 4 is 11.5 Å². The van der Waals surface area contributed by atoms with Gasteiger partial charge in [-0.3, -0.25) is 0 Å². The van der Waals surface area contributed by atoms with Gasteiger partial charge in [0.05, 0.1) is 5.57 Å². The third-order valence-corrected chi connectivity index (χ3v) is 3.56. The Kier molecular flexibility index (Phi) is 4.57. The molecule has 0 saturated carbocycles. The number of rotatable bonds is 2. The number of benzene rings is 1. The third-order valence-electron chi connectivity index (χ3n) is 3.56. The molecule has 21 heavy (non-hydrogen) atoms. The van der Waals surface area contributed by atoms with Crippen LogP contribution in [0.1, 0.15) is 65.2 Å². The molecule has 116 valence electrons. The van der Waals surface area contributed by atoms with Gasteiger partial charge in [-0.1, -0.05) is 47.6 Å². The van der Waals surface area contributed by atoms with Crippen molar-refractivity contribution in [2.75, 3.05) is 0 Å². The number of hydrogen-bond donors (Lipinski definition) is 2. The zero-order valence-corrected chi connectivity index (χ0v) is 14.0. The molecule has 0 aliphatic carbocycles. The summed E-state index contributed by atoms with van der Waals surface area (Å²) in [5, 5.41) is 20.0. The molecule has 1 rings (SSSR count). The second kappa shape index (κ2) is 5.55. The van der Waals surface area contributed by atoms with E-state index in [-0.39, 0.29) is 22.2 Å². The molecular formula is C18H26O3. The number of carbonyl (C=O) groups is 1. The van der Waals surface area contributed by atoms with Crippen LogP contribution in [-0.4, -0.2) is 16.2 Å². The molecule has 3 heteroatoms. The van der Waals surface area contributed by atoms with Gasteiger partial charge in [0.2, 0.25) is 0 Å². The molecule has 2 N–H and O–H groups in total. The highest BCUT2D eigenvalue weighted by Gasteiger charge is 2.27. The number of hydrogen-bond acceptors (Lipinski definition) is 2. The normalized spacial score (nSPS) is 13.4. The molecule has 0 radical (unpaired) electrons. The summed E-state index contributed by atoms with van der Waals surface area (Å²) in [5.74, 6) is -0.692. The average Bonchev–Trinajstić information content (AvgIpc) is 2.28. The maximum atomic E-state index is 11.4. The highest BCUT2D eigenvalue weighted by molar-refractivity contribution is 6.15.